The second-order valence-corrected chi connectivity index (χ2v) is 5.18. The van der Waals surface area contributed by atoms with E-state index in [0.29, 0.717) is 11.5 Å². The number of benzene rings is 1. The second kappa shape index (κ2) is 6.66. The van der Waals surface area contributed by atoms with E-state index in [9.17, 15) is 0 Å². The SMILES string of the molecule is CCC(C)CN(CC)c1ccc(C#N)c(Br)c1. The van der Waals surface area contributed by atoms with Crippen molar-refractivity contribution >= 4 is 21.6 Å². The Hall–Kier alpha value is -1.01. The molecule has 0 aliphatic carbocycles. The first kappa shape index (κ1) is 14.1. The average Bonchev–Trinajstić information content (AvgIpc) is 2.35. The summed E-state index contributed by atoms with van der Waals surface area (Å²) in [5.74, 6) is 0.685. The van der Waals surface area contributed by atoms with Gasteiger partial charge >= 0.3 is 0 Å². The molecule has 2 nitrogen and oxygen atoms in total. The zero-order chi connectivity index (χ0) is 12.8. The van der Waals surface area contributed by atoms with Crippen molar-refractivity contribution in [1.82, 2.24) is 0 Å². The summed E-state index contributed by atoms with van der Waals surface area (Å²) in [7, 11) is 0. The molecule has 3 heteroatoms. The van der Waals surface area contributed by atoms with E-state index in [2.05, 4.69) is 47.7 Å². The van der Waals surface area contributed by atoms with Crippen molar-refractivity contribution in [3.63, 3.8) is 0 Å². The van der Waals surface area contributed by atoms with Crippen LogP contribution in [0.2, 0.25) is 0 Å². The fourth-order valence-corrected chi connectivity index (χ4v) is 2.17. The van der Waals surface area contributed by atoms with E-state index in [1.54, 1.807) is 0 Å². The maximum absolute atomic E-state index is 8.89. The first-order valence-corrected chi connectivity index (χ1v) is 6.86. The summed E-state index contributed by atoms with van der Waals surface area (Å²) >= 11 is 3.44. The molecule has 0 radical (unpaired) electrons. The van der Waals surface area contributed by atoms with Crippen LogP contribution in [0, 0.1) is 17.2 Å². The number of nitriles is 1. The minimum absolute atomic E-state index is 0.685. The molecule has 0 bridgehead atoms. The van der Waals surface area contributed by atoms with Gasteiger partial charge in [-0.2, -0.15) is 5.26 Å². The van der Waals surface area contributed by atoms with Gasteiger partial charge in [0.25, 0.3) is 0 Å². The van der Waals surface area contributed by atoms with Gasteiger partial charge in [-0.1, -0.05) is 20.3 Å². The third-order valence-corrected chi connectivity index (χ3v) is 3.71. The van der Waals surface area contributed by atoms with E-state index in [4.69, 9.17) is 5.26 Å². The lowest BCUT2D eigenvalue weighted by molar-refractivity contribution is 0.548. The van der Waals surface area contributed by atoms with E-state index in [1.165, 1.54) is 12.1 Å². The van der Waals surface area contributed by atoms with Crippen molar-refractivity contribution < 1.29 is 0 Å². The van der Waals surface area contributed by atoms with Crippen LogP contribution < -0.4 is 4.90 Å². The first-order chi connectivity index (χ1) is 8.12. The van der Waals surface area contributed by atoms with Gasteiger partial charge in [-0.15, -0.1) is 0 Å². The van der Waals surface area contributed by atoms with Crippen LogP contribution in [0.3, 0.4) is 0 Å². The fourth-order valence-electron chi connectivity index (χ4n) is 1.71. The monoisotopic (exact) mass is 294 g/mol. The predicted molar refractivity (Wildman–Crippen MR) is 76.2 cm³/mol. The molecule has 92 valence electrons. The molecule has 0 aromatic heterocycles. The Balaban J connectivity index is 2.90. The van der Waals surface area contributed by atoms with Crippen LogP contribution in [0.25, 0.3) is 0 Å². The first-order valence-electron chi connectivity index (χ1n) is 6.06. The molecule has 0 saturated carbocycles. The minimum atomic E-state index is 0.685. The third kappa shape index (κ3) is 3.74. The van der Waals surface area contributed by atoms with E-state index in [0.717, 1.165) is 17.6 Å². The topological polar surface area (TPSA) is 27.0 Å². The third-order valence-electron chi connectivity index (χ3n) is 3.05. The number of nitrogens with zero attached hydrogens (tertiary/aromatic N) is 2. The lowest BCUT2D eigenvalue weighted by atomic mass is 10.1. The van der Waals surface area contributed by atoms with Crippen molar-refractivity contribution in [2.45, 2.75) is 27.2 Å². The quantitative estimate of drug-likeness (QED) is 0.814. The second-order valence-electron chi connectivity index (χ2n) is 4.33. The van der Waals surface area contributed by atoms with Gasteiger partial charge in [-0.25, -0.2) is 0 Å². The molecule has 1 rings (SSSR count). The van der Waals surface area contributed by atoms with Gasteiger partial charge in [0.2, 0.25) is 0 Å². The summed E-state index contributed by atoms with van der Waals surface area (Å²) in [4.78, 5) is 2.35. The Morgan fingerprint density at radius 3 is 2.59 bits per heavy atom. The number of hydrogen-bond acceptors (Lipinski definition) is 2. The Labute approximate surface area is 112 Å². The highest BCUT2D eigenvalue weighted by molar-refractivity contribution is 9.10. The molecular formula is C14H19BrN2. The molecule has 0 amide bonds. The highest BCUT2D eigenvalue weighted by Crippen LogP contribution is 2.24. The molecule has 1 aromatic rings. The van der Waals surface area contributed by atoms with Crippen LogP contribution in [0.1, 0.15) is 32.8 Å². The van der Waals surface area contributed by atoms with Gasteiger partial charge in [-0.3, -0.25) is 0 Å². The van der Waals surface area contributed by atoms with Gasteiger partial charge in [0.15, 0.2) is 0 Å². The Bertz CT molecular complexity index is 409. The molecule has 1 unspecified atom stereocenters. The maximum Gasteiger partial charge on any atom is 0.100 e. The molecule has 0 aliphatic rings. The summed E-state index contributed by atoms with van der Waals surface area (Å²) < 4.78 is 0.875. The van der Waals surface area contributed by atoms with E-state index < -0.39 is 0 Å². The van der Waals surface area contributed by atoms with Gasteiger partial charge < -0.3 is 4.90 Å². The standard InChI is InChI=1S/C14H19BrN2/c1-4-11(3)10-17(5-2)13-7-6-12(9-16)14(15)8-13/h6-8,11H,4-5,10H2,1-3H3. The predicted octanol–water partition coefficient (Wildman–Crippen LogP) is 4.19. The summed E-state index contributed by atoms with van der Waals surface area (Å²) in [5, 5.41) is 8.89. The smallest absolute Gasteiger partial charge is 0.100 e. The van der Waals surface area contributed by atoms with Gasteiger partial charge in [0.1, 0.15) is 6.07 Å². The molecule has 0 spiro atoms. The molecular weight excluding hydrogens is 276 g/mol. The minimum Gasteiger partial charge on any atom is -0.372 e. The zero-order valence-electron chi connectivity index (χ0n) is 10.7. The fraction of sp³-hybridized carbons (Fsp3) is 0.500. The van der Waals surface area contributed by atoms with Crippen molar-refractivity contribution in [3.05, 3.63) is 28.2 Å². The molecule has 1 aromatic carbocycles. The van der Waals surface area contributed by atoms with Crippen molar-refractivity contribution in [1.29, 1.82) is 5.26 Å². The van der Waals surface area contributed by atoms with Crippen LogP contribution in [0.5, 0.6) is 0 Å². The number of anilines is 1. The normalized spacial score (nSPS) is 11.9. The molecule has 0 heterocycles. The zero-order valence-corrected chi connectivity index (χ0v) is 12.3. The summed E-state index contributed by atoms with van der Waals surface area (Å²) in [6, 6.07) is 8.09. The van der Waals surface area contributed by atoms with Crippen molar-refractivity contribution in [3.8, 4) is 6.07 Å². The number of hydrogen-bond donors (Lipinski definition) is 0. The van der Waals surface area contributed by atoms with Gasteiger partial charge in [0, 0.05) is 23.2 Å². The van der Waals surface area contributed by atoms with E-state index in [1.807, 2.05) is 18.2 Å². The van der Waals surface area contributed by atoms with E-state index in [-0.39, 0.29) is 0 Å². The summed E-state index contributed by atoms with van der Waals surface area (Å²) in [6.45, 7) is 8.69. The Morgan fingerprint density at radius 1 is 1.41 bits per heavy atom. The average molecular weight is 295 g/mol. The van der Waals surface area contributed by atoms with Crippen molar-refractivity contribution in [2.24, 2.45) is 5.92 Å². The summed E-state index contributed by atoms with van der Waals surface area (Å²) in [6.07, 6.45) is 1.19. The lowest BCUT2D eigenvalue weighted by Gasteiger charge is -2.26. The van der Waals surface area contributed by atoms with Crippen LogP contribution in [0.15, 0.2) is 22.7 Å². The summed E-state index contributed by atoms with van der Waals surface area (Å²) in [5.41, 5.74) is 1.87. The van der Waals surface area contributed by atoms with Crippen LogP contribution in [0.4, 0.5) is 5.69 Å². The Morgan fingerprint density at radius 2 is 2.12 bits per heavy atom. The van der Waals surface area contributed by atoms with Gasteiger partial charge in [-0.05, 0) is 47.0 Å². The largest absolute Gasteiger partial charge is 0.372 e. The number of halogens is 1. The number of rotatable bonds is 5. The van der Waals surface area contributed by atoms with Gasteiger partial charge in [0.05, 0.1) is 5.56 Å². The molecule has 17 heavy (non-hydrogen) atoms. The van der Waals surface area contributed by atoms with Crippen LogP contribution >= 0.6 is 15.9 Å². The molecule has 0 aliphatic heterocycles. The van der Waals surface area contributed by atoms with Crippen molar-refractivity contribution in [2.75, 3.05) is 18.0 Å². The van der Waals surface area contributed by atoms with Crippen LogP contribution in [-0.4, -0.2) is 13.1 Å². The Kier molecular flexibility index (Phi) is 5.50. The molecule has 0 N–H and O–H groups in total. The molecule has 1 atom stereocenters. The maximum atomic E-state index is 8.89. The highest BCUT2D eigenvalue weighted by atomic mass is 79.9. The lowest BCUT2D eigenvalue weighted by Crippen LogP contribution is -2.28. The molecule has 0 saturated heterocycles. The highest BCUT2D eigenvalue weighted by Gasteiger charge is 2.10. The van der Waals surface area contributed by atoms with Crippen LogP contribution in [-0.2, 0) is 0 Å². The molecule has 0 fully saturated rings. The van der Waals surface area contributed by atoms with E-state index >= 15 is 0 Å².